The van der Waals surface area contributed by atoms with Gasteiger partial charge in [-0.25, -0.2) is 4.98 Å². The van der Waals surface area contributed by atoms with Crippen LogP contribution in [-0.2, 0) is 0 Å². The number of rotatable bonds is 5. The Kier molecular flexibility index (Phi) is 8.63. The minimum absolute atomic E-state index is 0. The van der Waals surface area contributed by atoms with E-state index in [2.05, 4.69) is 51.5 Å². The molecule has 152 valence electrons. The van der Waals surface area contributed by atoms with Crippen LogP contribution < -0.4 is 15.5 Å². The van der Waals surface area contributed by atoms with Crippen LogP contribution in [0.4, 0.5) is 5.82 Å². The molecule has 2 aliphatic rings. The van der Waals surface area contributed by atoms with Gasteiger partial charge in [-0.1, -0.05) is 25.8 Å². The SMILES string of the molecule is CCC1(CNC(=NC)NC2CCN(c3ccc(C)cn3)CC2)CCCC1.I. The van der Waals surface area contributed by atoms with Gasteiger partial charge in [-0.2, -0.15) is 0 Å². The maximum Gasteiger partial charge on any atom is 0.191 e. The van der Waals surface area contributed by atoms with Gasteiger partial charge in [0.1, 0.15) is 5.82 Å². The van der Waals surface area contributed by atoms with Crippen LogP contribution in [0.2, 0.25) is 0 Å². The summed E-state index contributed by atoms with van der Waals surface area (Å²) in [5.41, 5.74) is 1.70. The number of aryl methyl sites for hydroxylation is 1. The average Bonchev–Trinajstić information content (AvgIpc) is 3.16. The van der Waals surface area contributed by atoms with Gasteiger partial charge in [0.15, 0.2) is 5.96 Å². The summed E-state index contributed by atoms with van der Waals surface area (Å²) in [6.07, 6.45) is 10.9. The molecule has 2 fully saturated rings. The van der Waals surface area contributed by atoms with Crippen molar-refractivity contribution in [2.75, 3.05) is 31.6 Å². The van der Waals surface area contributed by atoms with Crippen LogP contribution in [0, 0.1) is 12.3 Å². The normalized spacial score (nSPS) is 20.3. The first-order chi connectivity index (χ1) is 12.6. The molecular weight excluding hydrogens is 449 g/mol. The summed E-state index contributed by atoms with van der Waals surface area (Å²) in [6, 6.07) is 4.77. The quantitative estimate of drug-likeness (QED) is 0.375. The molecule has 6 heteroatoms. The highest BCUT2D eigenvalue weighted by Crippen LogP contribution is 2.40. The molecule has 1 saturated carbocycles. The highest BCUT2D eigenvalue weighted by molar-refractivity contribution is 14.0. The van der Waals surface area contributed by atoms with Crippen LogP contribution in [0.1, 0.15) is 57.4 Å². The van der Waals surface area contributed by atoms with Gasteiger partial charge in [-0.3, -0.25) is 4.99 Å². The van der Waals surface area contributed by atoms with Crippen molar-refractivity contribution in [1.29, 1.82) is 0 Å². The number of aliphatic imine (C=N–C) groups is 1. The lowest BCUT2D eigenvalue weighted by Crippen LogP contribution is -2.50. The molecule has 1 saturated heterocycles. The van der Waals surface area contributed by atoms with E-state index in [0.717, 1.165) is 44.3 Å². The number of anilines is 1. The van der Waals surface area contributed by atoms with Crippen LogP contribution in [0.25, 0.3) is 0 Å². The Hall–Kier alpha value is -1.05. The average molecular weight is 485 g/mol. The van der Waals surface area contributed by atoms with E-state index in [1.54, 1.807) is 0 Å². The Morgan fingerprint density at radius 1 is 1.26 bits per heavy atom. The molecule has 1 aliphatic heterocycles. The van der Waals surface area contributed by atoms with Crippen molar-refractivity contribution in [3.05, 3.63) is 23.9 Å². The number of halogens is 1. The number of hydrogen-bond donors (Lipinski definition) is 2. The van der Waals surface area contributed by atoms with Gasteiger partial charge < -0.3 is 15.5 Å². The molecule has 0 amide bonds. The predicted octanol–water partition coefficient (Wildman–Crippen LogP) is 4.11. The molecule has 1 aromatic heterocycles. The van der Waals surface area contributed by atoms with Crippen molar-refractivity contribution in [3.8, 4) is 0 Å². The lowest BCUT2D eigenvalue weighted by molar-refractivity contribution is 0.282. The number of hydrogen-bond acceptors (Lipinski definition) is 3. The van der Waals surface area contributed by atoms with E-state index in [-0.39, 0.29) is 24.0 Å². The summed E-state index contributed by atoms with van der Waals surface area (Å²) < 4.78 is 0. The number of nitrogens with zero attached hydrogens (tertiary/aromatic N) is 3. The predicted molar refractivity (Wildman–Crippen MR) is 125 cm³/mol. The fourth-order valence-electron chi connectivity index (χ4n) is 4.34. The Bertz CT molecular complexity index is 587. The summed E-state index contributed by atoms with van der Waals surface area (Å²) in [7, 11) is 1.88. The van der Waals surface area contributed by atoms with Crippen LogP contribution in [0.5, 0.6) is 0 Å². The highest BCUT2D eigenvalue weighted by Gasteiger charge is 2.32. The molecule has 5 nitrogen and oxygen atoms in total. The van der Waals surface area contributed by atoms with Crippen LogP contribution in [-0.4, -0.2) is 43.7 Å². The van der Waals surface area contributed by atoms with E-state index in [0.29, 0.717) is 11.5 Å². The van der Waals surface area contributed by atoms with E-state index in [4.69, 9.17) is 0 Å². The minimum atomic E-state index is 0. The Labute approximate surface area is 181 Å². The minimum Gasteiger partial charge on any atom is -0.356 e. The van der Waals surface area contributed by atoms with Gasteiger partial charge in [0, 0.05) is 38.9 Å². The molecule has 0 atom stereocenters. The molecule has 0 radical (unpaired) electrons. The second-order valence-corrected chi connectivity index (χ2v) is 8.09. The van der Waals surface area contributed by atoms with Gasteiger partial charge in [-0.15, -0.1) is 24.0 Å². The second-order valence-electron chi connectivity index (χ2n) is 8.09. The number of aromatic nitrogens is 1. The van der Waals surface area contributed by atoms with Gasteiger partial charge in [0.2, 0.25) is 0 Å². The maximum atomic E-state index is 4.56. The van der Waals surface area contributed by atoms with Crippen molar-refractivity contribution in [1.82, 2.24) is 15.6 Å². The van der Waals surface area contributed by atoms with Crippen LogP contribution in [0.3, 0.4) is 0 Å². The van der Waals surface area contributed by atoms with Crippen LogP contribution >= 0.6 is 24.0 Å². The molecule has 1 aliphatic carbocycles. The highest BCUT2D eigenvalue weighted by atomic mass is 127. The Morgan fingerprint density at radius 3 is 2.52 bits per heavy atom. The molecule has 0 bridgehead atoms. The number of guanidine groups is 1. The number of piperidine rings is 1. The third-order valence-electron chi connectivity index (χ3n) is 6.32. The van der Waals surface area contributed by atoms with Crippen molar-refractivity contribution in [2.45, 2.75) is 64.8 Å². The first kappa shape index (κ1) is 22.2. The fraction of sp³-hybridized carbons (Fsp3) is 0.714. The first-order valence-electron chi connectivity index (χ1n) is 10.3. The smallest absolute Gasteiger partial charge is 0.191 e. The molecule has 1 aromatic rings. The van der Waals surface area contributed by atoms with Gasteiger partial charge in [-0.05, 0) is 56.1 Å². The van der Waals surface area contributed by atoms with E-state index in [1.807, 2.05) is 13.2 Å². The summed E-state index contributed by atoms with van der Waals surface area (Å²) >= 11 is 0. The largest absolute Gasteiger partial charge is 0.356 e. The molecular formula is C21H36IN5. The number of pyridine rings is 1. The van der Waals surface area contributed by atoms with Gasteiger partial charge in [0.25, 0.3) is 0 Å². The zero-order chi connectivity index (χ0) is 18.4. The van der Waals surface area contributed by atoms with E-state index in [1.165, 1.54) is 37.7 Å². The lowest BCUT2D eigenvalue weighted by atomic mass is 9.83. The molecule has 0 aromatic carbocycles. The molecule has 3 rings (SSSR count). The Morgan fingerprint density at radius 2 is 1.96 bits per heavy atom. The second kappa shape index (κ2) is 10.5. The van der Waals surface area contributed by atoms with Gasteiger partial charge in [0.05, 0.1) is 0 Å². The summed E-state index contributed by atoms with van der Waals surface area (Å²) in [5.74, 6) is 2.07. The molecule has 0 spiro atoms. The molecule has 2 N–H and O–H groups in total. The van der Waals surface area contributed by atoms with E-state index >= 15 is 0 Å². The monoisotopic (exact) mass is 485 g/mol. The zero-order valence-corrected chi connectivity index (χ0v) is 19.5. The maximum absolute atomic E-state index is 4.56. The van der Waals surface area contributed by atoms with E-state index in [9.17, 15) is 0 Å². The van der Waals surface area contributed by atoms with Gasteiger partial charge >= 0.3 is 0 Å². The fourth-order valence-corrected chi connectivity index (χ4v) is 4.34. The Balaban J connectivity index is 0.00000261. The number of nitrogens with one attached hydrogen (secondary N) is 2. The summed E-state index contributed by atoms with van der Waals surface area (Å²) in [5, 5.41) is 7.26. The molecule has 0 unspecified atom stereocenters. The van der Waals surface area contributed by atoms with Crippen molar-refractivity contribution < 1.29 is 0 Å². The topological polar surface area (TPSA) is 52.6 Å². The van der Waals surface area contributed by atoms with Crippen molar-refractivity contribution >= 4 is 35.8 Å². The standard InChI is InChI=1S/C21H35N5.HI/c1-4-21(11-5-6-12-21)16-24-20(22-3)25-18-9-13-26(14-10-18)19-8-7-17(2)15-23-19;/h7-8,15,18H,4-6,9-14,16H2,1-3H3,(H2,22,24,25);1H. The van der Waals surface area contributed by atoms with E-state index < -0.39 is 0 Å². The summed E-state index contributed by atoms with van der Waals surface area (Å²) in [4.78, 5) is 11.4. The first-order valence-corrected chi connectivity index (χ1v) is 10.3. The van der Waals surface area contributed by atoms with Crippen molar-refractivity contribution in [2.24, 2.45) is 10.4 Å². The third-order valence-corrected chi connectivity index (χ3v) is 6.32. The zero-order valence-electron chi connectivity index (χ0n) is 17.1. The third kappa shape index (κ3) is 5.96. The molecule has 2 heterocycles. The van der Waals surface area contributed by atoms with Crippen molar-refractivity contribution in [3.63, 3.8) is 0 Å². The summed E-state index contributed by atoms with van der Waals surface area (Å²) in [6.45, 7) is 7.56. The lowest BCUT2D eigenvalue weighted by Gasteiger charge is -2.34. The van der Waals surface area contributed by atoms with Crippen LogP contribution in [0.15, 0.2) is 23.3 Å². The molecule has 27 heavy (non-hydrogen) atoms.